The molecule has 0 aliphatic carbocycles. The molecule has 2 aromatic rings. The number of ether oxygens (including phenoxy) is 1. The molecule has 0 unspecified atom stereocenters. The van der Waals surface area contributed by atoms with Gasteiger partial charge in [-0.1, -0.05) is 40.2 Å². The predicted octanol–water partition coefficient (Wildman–Crippen LogP) is 2.96. The fourth-order valence-electron chi connectivity index (χ4n) is 1.68. The molecule has 0 aliphatic heterocycles. The van der Waals surface area contributed by atoms with E-state index in [1.807, 2.05) is 12.1 Å². The number of para-hydroxylation sites is 1. The number of rotatable bonds is 5. The molecule has 2 N–H and O–H groups in total. The van der Waals surface area contributed by atoms with Crippen LogP contribution in [0.25, 0.3) is 0 Å². The van der Waals surface area contributed by atoms with Crippen molar-refractivity contribution >= 4 is 27.5 Å². The quantitative estimate of drug-likeness (QED) is 0.883. The topological polar surface area (TPSA) is 58.6 Å². The largest absolute Gasteiger partial charge is 0.483 e. The fourth-order valence-corrected chi connectivity index (χ4v) is 2.08. The van der Waals surface area contributed by atoms with Crippen LogP contribution >= 0.6 is 15.9 Å². The minimum Gasteiger partial charge on any atom is -0.483 e. The Morgan fingerprint density at radius 2 is 2.00 bits per heavy atom. The van der Waals surface area contributed by atoms with Crippen LogP contribution in [0.15, 0.2) is 53.0 Å². The zero-order chi connectivity index (χ0) is 14.4. The molecule has 0 spiro atoms. The van der Waals surface area contributed by atoms with E-state index in [0.717, 1.165) is 4.47 Å². The summed E-state index contributed by atoms with van der Waals surface area (Å²) in [6.45, 7) is -0.229. The van der Waals surface area contributed by atoms with Gasteiger partial charge in [0, 0.05) is 15.7 Å². The SMILES string of the molecule is O=C(COc1ccccc1CO)Nc1cccc(Br)c1. The van der Waals surface area contributed by atoms with Gasteiger partial charge in [-0.25, -0.2) is 0 Å². The summed E-state index contributed by atoms with van der Waals surface area (Å²) in [6, 6.07) is 14.4. The van der Waals surface area contributed by atoms with Gasteiger partial charge in [0.25, 0.3) is 5.91 Å². The minimum absolute atomic E-state index is 0.108. The molecule has 0 atom stereocenters. The molecule has 0 heterocycles. The molecule has 5 heteroatoms. The molecule has 0 saturated carbocycles. The van der Waals surface area contributed by atoms with Gasteiger partial charge in [-0.15, -0.1) is 0 Å². The monoisotopic (exact) mass is 335 g/mol. The molecule has 20 heavy (non-hydrogen) atoms. The van der Waals surface area contributed by atoms with Gasteiger partial charge < -0.3 is 15.2 Å². The van der Waals surface area contributed by atoms with Gasteiger partial charge in [0.15, 0.2) is 6.61 Å². The first-order valence-corrected chi connectivity index (χ1v) is 6.85. The van der Waals surface area contributed by atoms with E-state index in [4.69, 9.17) is 9.84 Å². The van der Waals surface area contributed by atoms with Gasteiger partial charge in [0.05, 0.1) is 6.61 Å². The highest BCUT2D eigenvalue weighted by atomic mass is 79.9. The van der Waals surface area contributed by atoms with Crippen molar-refractivity contribution in [2.75, 3.05) is 11.9 Å². The van der Waals surface area contributed by atoms with Crippen molar-refractivity contribution in [2.45, 2.75) is 6.61 Å². The number of nitrogens with one attached hydrogen (secondary N) is 1. The van der Waals surface area contributed by atoms with Crippen LogP contribution in [-0.2, 0) is 11.4 Å². The van der Waals surface area contributed by atoms with Crippen LogP contribution in [0, 0.1) is 0 Å². The van der Waals surface area contributed by atoms with Crippen molar-refractivity contribution in [3.05, 3.63) is 58.6 Å². The average molecular weight is 336 g/mol. The number of amides is 1. The molecule has 0 radical (unpaired) electrons. The first kappa shape index (κ1) is 14.6. The van der Waals surface area contributed by atoms with E-state index in [0.29, 0.717) is 17.0 Å². The number of hydrogen-bond donors (Lipinski definition) is 2. The summed E-state index contributed by atoms with van der Waals surface area (Å²) in [5.74, 6) is 0.259. The van der Waals surface area contributed by atoms with Crippen LogP contribution in [0.3, 0.4) is 0 Å². The highest BCUT2D eigenvalue weighted by molar-refractivity contribution is 9.10. The third-order valence-corrected chi connectivity index (χ3v) is 3.10. The maximum atomic E-state index is 11.8. The average Bonchev–Trinajstić information content (AvgIpc) is 2.45. The van der Waals surface area contributed by atoms with Crippen LogP contribution in [-0.4, -0.2) is 17.6 Å². The third-order valence-electron chi connectivity index (χ3n) is 2.61. The van der Waals surface area contributed by atoms with Crippen molar-refractivity contribution < 1.29 is 14.6 Å². The lowest BCUT2D eigenvalue weighted by atomic mass is 10.2. The van der Waals surface area contributed by atoms with Gasteiger partial charge in [0.1, 0.15) is 5.75 Å². The van der Waals surface area contributed by atoms with E-state index >= 15 is 0 Å². The van der Waals surface area contributed by atoms with Crippen molar-refractivity contribution in [3.63, 3.8) is 0 Å². The van der Waals surface area contributed by atoms with Crippen LogP contribution in [0.4, 0.5) is 5.69 Å². The molecule has 2 aromatic carbocycles. The lowest BCUT2D eigenvalue weighted by Gasteiger charge is -2.10. The zero-order valence-electron chi connectivity index (χ0n) is 10.7. The predicted molar refractivity (Wildman–Crippen MR) is 80.6 cm³/mol. The lowest BCUT2D eigenvalue weighted by Crippen LogP contribution is -2.20. The number of carbonyl (C=O) groups is 1. The van der Waals surface area contributed by atoms with E-state index in [-0.39, 0.29) is 19.1 Å². The second-order valence-corrected chi connectivity index (χ2v) is 5.03. The second-order valence-electron chi connectivity index (χ2n) is 4.11. The number of hydrogen-bond acceptors (Lipinski definition) is 3. The molecule has 4 nitrogen and oxygen atoms in total. The molecule has 0 saturated heterocycles. The summed E-state index contributed by atoms with van der Waals surface area (Å²) in [6.07, 6.45) is 0. The van der Waals surface area contributed by atoms with Crippen LogP contribution in [0.2, 0.25) is 0 Å². The van der Waals surface area contributed by atoms with Crippen molar-refractivity contribution in [3.8, 4) is 5.75 Å². The van der Waals surface area contributed by atoms with Crippen LogP contribution in [0.5, 0.6) is 5.75 Å². The molecular formula is C15H14BrNO3. The molecule has 1 amide bonds. The van der Waals surface area contributed by atoms with Gasteiger partial charge >= 0.3 is 0 Å². The number of halogens is 1. The van der Waals surface area contributed by atoms with E-state index in [1.54, 1.807) is 36.4 Å². The summed E-state index contributed by atoms with van der Waals surface area (Å²) in [5, 5.41) is 11.9. The Bertz CT molecular complexity index is 601. The van der Waals surface area contributed by atoms with Crippen molar-refractivity contribution in [1.29, 1.82) is 0 Å². The maximum Gasteiger partial charge on any atom is 0.262 e. The minimum atomic E-state index is -0.254. The van der Waals surface area contributed by atoms with Gasteiger partial charge in [-0.3, -0.25) is 4.79 Å². The molecular weight excluding hydrogens is 322 g/mol. The zero-order valence-corrected chi connectivity index (χ0v) is 12.3. The van der Waals surface area contributed by atoms with E-state index < -0.39 is 0 Å². The van der Waals surface area contributed by atoms with Crippen molar-refractivity contribution in [1.82, 2.24) is 0 Å². The van der Waals surface area contributed by atoms with Crippen LogP contribution in [0.1, 0.15) is 5.56 Å². The molecule has 0 fully saturated rings. The summed E-state index contributed by atoms with van der Waals surface area (Å²) in [4.78, 5) is 11.8. The number of benzene rings is 2. The molecule has 0 bridgehead atoms. The number of anilines is 1. The number of aliphatic hydroxyl groups is 1. The standard InChI is InChI=1S/C15H14BrNO3/c16-12-5-3-6-13(8-12)17-15(19)10-20-14-7-2-1-4-11(14)9-18/h1-8,18H,9-10H2,(H,17,19). The van der Waals surface area contributed by atoms with E-state index in [1.165, 1.54) is 0 Å². The Morgan fingerprint density at radius 1 is 1.20 bits per heavy atom. The Hall–Kier alpha value is -1.85. The normalized spacial score (nSPS) is 10.1. The third kappa shape index (κ3) is 4.08. The van der Waals surface area contributed by atoms with Gasteiger partial charge in [-0.2, -0.15) is 0 Å². The first-order valence-electron chi connectivity index (χ1n) is 6.06. The Morgan fingerprint density at radius 3 is 2.75 bits per heavy atom. The van der Waals surface area contributed by atoms with Crippen LogP contribution < -0.4 is 10.1 Å². The Kier molecular flexibility index (Phi) is 5.15. The summed E-state index contributed by atoms with van der Waals surface area (Å²) < 4.78 is 6.30. The number of aliphatic hydroxyl groups excluding tert-OH is 1. The van der Waals surface area contributed by atoms with E-state index in [2.05, 4.69) is 21.2 Å². The molecule has 2 rings (SSSR count). The fraction of sp³-hybridized carbons (Fsp3) is 0.133. The smallest absolute Gasteiger partial charge is 0.262 e. The van der Waals surface area contributed by atoms with E-state index in [9.17, 15) is 4.79 Å². The Labute approximate surface area is 125 Å². The first-order chi connectivity index (χ1) is 9.69. The second kappa shape index (κ2) is 7.07. The number of carbonyl (C=O) groups excluding carboxylic acids is 1. The van der Waals surface area contributed by atoms with Gasteiger partial charge in [0.2, 0.25) is 0 Å². The molecule has 0 aliphatic rings. The summed E-state index contributed by atoms with van der Waals surface area (Å²) >= 11 is 3.34. The highest BCUT2D eigenvalue weighted by Gasteiger charge is 2.06. The highest BCUT2D eigenvalue weighted by Crippen LogP contribution is 2.18. The Balaban J connectivity index is 1.92. The lowest BCUT2D eigenvalue weighted by molar-refractivity contribution is -0.118. The van der Waals surface area contributed by atoms with Crippen molar-refractivity contribution in [2.24, 2.45) is 0 Å². The summed E-state index contributed by atoms with van der Waals surface area (Å²) in [5.41, 5.74) is 1.35. The summed E-state index contributed by atoms with van der Waals surface area (Å²) in [7, 11) is 0. The van der Waals surface area contributed by atoms with Gasteiger partial charge in [-0.05, 0) is 24.3 Å². The molecule has 0 aromatic heterocycles. The molecule has 104 valence electrons. The maximum absolute atomic E-state index is 11.8.